The maximum Gasteiger partial charge on any atom is 0.271 e. The second-order valence-corrected chi connectivity index (χ2v) is 3.72. The fourth-order valence-electron chi connectivity index (χ4n) is 1.37. The van der Waals surface area contributed by atoms with Gasteiger partial charge in [0.25, 0.3) is 5.91 Å². The number of benzene rings is 1. The molecule has 1 aromatic heterocycles. The summed E-state index contributed by atoms with van der Waals surface area (Å²) in [6, 6.07) is 3.97. The first-order valence-corrected chi connectivity index (χ1v) is 5.46. The van der Waals surface area contributed by atoms with Crippen LogP contribution in [0.5, 0.6) is 0 Å². The van der Waals surface area contributed by atoms with Gasteiger partial charge in [0.15, 0.2) is 11.6 Å². The number of hydrogen-bond acceptors (Lipinski definition) is 3. The predicted molar refractivity (Wildman–Crippen MR) is 69.2 cm³/mol. The van der Waals surface area contributed by atoms with Gasteiger partial charge in [-0.25, -0.2) is 18.6 Å². The Kier molecular flexibility index (Phi) is 5.56. The standard InChI is InChI=1S/C13H8F3N3O.H2O/c14-10-6-12(16)11(15)5-9(10)7-18-19-13(20)8-1-3-17-4-2-8;/h1-7H,(H,19,20);1H2/b18-7+;. The lowest BCUT2D eigenvalue weighted by Gasteiger charge is -2.00. The van der Waals surface area contributed by atoms with Gasteiger partial charge in [-0.3, -0.25) is 9.78 Å². The monoisotopic (exact) mass is 297 g/mol. The van der Waals surface area contributed by atoms with Crippen LogP contribution in [0.3, 0.4) is 0 Å². The summed E-state index contributed by atoms with van der Waals surface area (Å²) >= 11 is 0. The van der Waals surface area contributed by atoms with E-state index in [1.165, 1.54) is 24.5 Å². The molecule has 8 heteroatoms. The zero-order valence-corrected chi connectivity index (χ0v) is 10.5. The van der Waals surface area contributed by atoms with Crippen molar-refractivity contribution in [2.24, 2.45) is 5.10 Å². The van der Waals surface area contributed by atoms with Crippen LogP contribution in [0.2, 0.25) is 0 Å². The van der Waals surface area contributed by atoms with E-state index in [1.807, 2.05) is 0 Å². The fourth-order valence-corrected chi connectivity index (χ4v) is 1.37. The number of aromatic nitrogens is 1. The summed E-state index contributed by atoms with van der Waals surface area (Å²) in [4.78, 5) is 15.3. The molecule has 0 aliphatic rings. The van der Waals surface area contributed by atoms with Gasteiger partial charge in [-0.05, 0) is 18.2 Å². The van der Waals surface area contributed by atoms with Crippen LogP contribution in [0.1, 0.15) is 15.9 Å². The molecular formula is C13H10F3N3O2. The molecular weight excluding hydrogens is 287 g/mol. The molecule has 21 heavy (non-hydrogen) atoms. The van der Waals surface area contributed by atoms with Gasteiger partial charge in [0, 0.05) is 29.6 Å². The second-order valence-electron chi connectivity index (χ2n) is 3.72. The van der Waals surface area contributed by atoms with E-state index in [4.69, 9.17) is 0 Å². The summed E-state index contributed by atoms with van der Waals surface area (Å²) in [5.41, 5.74) is 2.16. The van der Waals surface area contributed by atoms with Gasteiger partial charge in [0.1, 0.15) is 5.82 Å². The number of rotatable bonds is 3. The molecule has 0 atom stereocenters. The van der Waals surface area contributed by atoms with E-state index in [2.05, 4.69) is 15.5 Å². The van der Waals surface area contributed by atoms with Crippen molar-refractivity contribution >= 4 is 12.1 Å². The third-order valence-electron chi connectivity index (χ3n) is 2.35. The van der Waals surface area contributed by atoms with Gasteiger partial charge in [-0.2, -0.15) is 5.10 Å². The maximum atomic E-state index is 13.3. The number of pyridine rings is 1. The predicted octanol–water partition coefficient (Wildman–Crippen LogP) is 1.44. The molecule has 0 unspecified atom stereocenters. The van der Waals surface area contributed by atoms with E-state index in [0.29, 0.717) is 17.7 Å². The number of nitrogens with zero attached hydrogens (tertiary/aromatic N) is 2. The molecule has 0 spiro atoms. The van der Waals surface area contributed by atoms with Crippen LogP contribution in [0, 0.1) is 17.5 Å². The molecule has 0 fully saturated rings. The molecule has 0 bridgehead atoms. The number of amides is 1. The Bertz CT molecular complexity index is 663. The quantitative estimate of drug-likeness (QED) is 0.528. The number of halogens is 3. The third-order valence-corrected chi connectivity index (χ3v) is 2.35. The highest BCUT2D eigenvalue weighted by molar-refractivity contribution is 5.94. The summed E-state index contributed by atoms with van der Waals surface area (Å²) in [5.74, 6) is -4.01. The highest BCUT2D eigenvalue weighted by atomic mass is 19.2. The van der Waals surface area contributed by atoms with Crippen LogP contribution in [-0.4, -0.2) is 22.6 Å². The first-order valence-electron chi connectivity index (χ1n) is 5.46. The Morgan fingerprint density at radius 2 is 1.71 bits per heavy atom. The molecule has 1 amide bonds. The van der Waals surface area contributed by atoms with Crippen molar-refractivity contribution < 1.29 is 23.4 Å². The second kappa shape index (κ2) is 7.15. The fraction of sp³-hybridized carbons (Fsp3) is 0. The Morgan fingerprint density at radius 1 is 1.10 bits per heavy atom. The van der Waals surface area contributed by atoms with Crippen molar-refractivity contribution in [3.05, 3.63) is 65.2 Å². The Balaban J connectivity index is 0.00000220. The molecule has 0 aliphatic heterocycles. The van der Waals surface area contributed by atoms with Crippen molar-refractivity contribution in [1.82, 2.24) is 10.4 Å². The van der Waals surface area contributed by atoms with Gasteiger partial charge in [0.2, 0.25) is 0 Å². The van der Waals surface area contributed by atoms with Crippen molar-refractivity contribution in [3.8, 4) is 0 Å². The smallest absolute Gasteiger partial charge is 0.271 e. The normalized spacial score (nSPS) is 10.2. The molecule has 5 nitrogen and oxygen atoms in total. The van der Waals surface area contributed by atoms with E-state index in [9.17, 15) is 18.0 Å². The molecule has 1 aromatic carbocycles. The van der Waals surface area contributed by atoms with Gasteiger partial charge >= 0.3 is 0 Å². The van der Waals surface area contributed by atoms with Crippen LogP contribution in [0.15, 0.2) is 41.8 Å². The minimum atomic E-state index is -1.29. The van der Waals surface area contributed by atoms with Gasteiger partial charge in [-0.1, -0.05) is 0 Å². The highest BCUT2D eigenvalue weighted by Crippen LogP contribution is 2.11. The lowest BCUT2D eigenvalue weighted by Crippen LogP contribution is -2.17. The van der Waals surface area contributed by atoms with Gasteiger partial charge < -0.3 is 5.48 Å². The topological polar surface area (TPSA) is 85.9 Å². The Hall–Kier alpha value is -2.74. The van der Waals surface area contributed by atoms with E-state index >= 15 is 0 Å². The van der Waals surface area contributed by atoms with E-state index in [0.717, 1.165) is 6.21 Å². The van der Waals surface area contributed by atoms with Crippen LogP contribution < -0.4 is 5.43 Å². The number of carbonyl (C=O) groups is 1. The summed E-state index contributed by atoms with van der Waals surface area (Å²) < 4.78 is 38.9. The van der Waals surface area contributed by atoms with Crippen LogP contribution in [0.25, 0.3) is 0 Å². The van der Waals surface area contributed by atoms with Crippen molar-refractivity contribution in [3.63, 3.8) is 0 Å². The summed E-state index contributed by atoms with van der Waals surface area (Å²) in [7, 11) is 0. The number of hydrogen-bond donors (Lipinski definition) is 1. The minimum Gasteiger partial charge on any atom is -0.412 e. The SMILES string of the molecule is O.O=C(N/N=C/c1cc(F)c(F)cc1F)c1ccncc1. The average molecular weight is 297 g/mol. The summed E-state index contributed by atoms with van der Waals surface area (Å²) in [5, 5.41) is 3.48. The maximum absolute atomic E-state index is 13.3. The van der Waals surface area contributed by atoms with Crippen LogP contribution in [-0.2, 0) is 0 Å². The van der Waals surface area contributed by atoms with Gasteiger partial charge in [0.05, 0.1) is 6.21 Å². The molecule has 0 aliphatic carbocycles. The lowest BCUT2D eigenvalue weighted by atomic mass is 10.2. The molecule has 110 valence electrons. The van der Waals surface area contributed by atoms with Crippen molar-refractivity contribution in [1.29, 1.82) is 0 Å². The van der Waals surface area contributed by atoms with E-state index in [-0.39, 0.29) is 11.0 Å². The first-order chi connectivity index (χ1) is 9.58. The molecule has 2 aromatic rings. The number of carbonyl (C=O) groups excluding carboxylic acids is 1. The van der Waals surface area contributed by atoms with Crippen LogP contribution in [0.4, 0.5) is 13.2 Å². The zero-order chi connectivity index (χ0) is 14.5. The molecule has 3 N–H and O–H groups in total. The van der Waals surface area contributed by atoms with Crippen molar-refractivity contribution in [2.45, 2.75) is 0 Å². The van der Waals surface area contributed by atoms with Crippen molar-refractivity contribution in [2.75, 3.05) is 0 Å². The Labute approximate surface area is 117 Å². The number of nitrogens with one attached hydrogen (secondary N) is 1. The highest BCUT2D eigenvalue weighted by Gasteiger charge is 2.08. The average Bonchev–Trinajstić information content (AvgIpc) is 2.45. The molecule has 2 rings (SSSR count). The largest absolute Gasteiger partial charge is 0.412 e. The lowest BCUT2D eigenvalue weighted by molar-refractivity contribution is 0.0955. The summed E-state index contributed by atoms with van der Waals surface area (Å²) in [6.07, 6.45) is 3.73. The van der Waals surface area contributed by atoms with Crippen LogP contribution >= 0.6 is 0 Å². The molecule has 0 radical (unpaired) electrons. The number of hydrazone groups is 1. The minimum absolute atomic E-state index is 0. The molecule has 0 saturated heterocycles. The first kappa shape index (κ1) is 16.3. The van der Waals surface area contributed by atoms with Gasteiger partial charge in [-0.15, -0.1) is 0 Å². The molecule has 1 heterocycles. The third kappa shape index (κ3) is 4.11. The molecule has 0 saturated carbocycles. The summed E-state index contributed by atoms with van der Waals surface area (Å²) in [6.45, 7) is 0. The zero-order valence-electron chi connectivity index (χ0n) is 10.5. The van der Waals surface area contributed by atoms with E-state index in [1.54, 1.807) is 0 Å². The Morgan fingerprint density at radius 3 is 2.38 bits per heavy atom. The van der Waals surface area contributed by atoms with E-state index < -0.39 is 23.4 Å².